The Labute approximate surface area is 170 Å². The van der Waals surface area contributed by atoms with E-state index in [2.05, 4.69) is 20.6 Å². The first-order chi connectivity index (χ1) is 14.1. The lowest BCUT2D eigenvalue weighted by Crippen LogP contribution is -2.36. The Morgan fingerprint density at radius 1 is 1.31 bits per heavy atom. The van der Waals surface area contributed by atoms with E-state index in [9.17, 15) is 13.6 Å². The van der Waals surface area contributed by atoms with Crippen molar-refractivity contribution in [3.63, 3.8) is 0 Å². The second-order valence-corrected chi connectivity index (χ2v) is 7.63. The van der Waals surface area contributed by atoms with Crippen molar-refractivity contribution in [2.75, 3.05) is 29.9 Å². The van der Waals surface area contributed by atoms with E-state index in [1.54, 1.807) is 16.2 Å². The minimum atomic E-state index is -0.498. The van der Waals surface area contributed by atoms with E-state index in [1.807, 2.05) is 17.5 Å². The quantitative estimate of drug-likeness (QED) is 0.647. The third kappa shape index (κ3) is 4.51. The van der Waals surface area contributed by atoms with E-state index in [1.165, 1.54) is 17.1 Å². The lowest BCUT2D eigenvalue weighted by atomic mass is 10.2. The van der Waals surface area contributed by atoms with Crippen LogP contribution in [0.4, 0.5) is 20.4 Å². The van der Waals surface area contributed by atoms with Gasteiger partial charge in [0.1, 0.15) is 17.3 Å². The normalized spacial score (nSPS) is 13.0. The average Bonchev–Trinajstić information content (AvgIpc) is 3.24. The van der Waals surface area contributed by atoms with E-state index >= 15 is 0 Å². The van der Waals surface area contributed by atoms with E-state index in [-0.39, 0.29) is 23.7 Å². The molecule has 2 N–H and O–H groups in total. The van der Waals surface area contributed by atoms with Crippen molar-refractivity contribution in [1.29, 1.82) is 0 Å². The van der Waals surface area contributed by atoms with Crippen molar-refractivity contribution >= 4 is 28.9 Å². The molecule has 3 heterocycles. The standard InChI is InChI=1S/C20H19F2N5OS/c21-14-3-4-16(22)13(10-14)12-27-8-7-23-18-19(27)26-17(11-25-18)20(28)24-6-5-15-2-1-9-29-15/h1-4,9-11H,5-8,12H2,(H,23,25)(H,24,28). The van der Waals surface area contributed by atoms with Crippen LogP contribution in [0.5, 0.6) is 0 Å². The molecule has 0 bridgehead atoms. The summed E-state index contributed by atoms with van der Waals surface area (Å²) in [5.74, 6) is -0.336. The highest BCUT2D eigenvalue weighted by Gasteiger charge is 2.23. The van der Waals surface area contributed by atoms with E-state index in [0.29, 0.717) is 31.3 Å². The third-order valence-corrected chi connectivity index (χ3v) is 5.50. The number of nitrogens with one attached hydrogen (secondary N) is 2. The predicted molar refractivity (Wildman–Crippen MR) is 108 cm³/mol. The van der Waals surface area contributed by atoms with Crippen LogP contribution in [0.2, 0.25) is 0 Å². The van der Waals surface area contributed by atoms with Gasteiger partial charge in [-0.2, -0.15) is 0 Å². The molecule has 0 saturated carbocycles. The molecule has 3 aromatic rings. The zero-order valence-corrected chi connectivity index (χ0v) is 16.3. The molecule has 29 heavy (non-hydrogen) atoms. The van der Waals surface area contributed by atoms with Gasteiger partial charge in [0, 0.05) is 36.6 Å². The maximum absolute atomic E-state index is 14.1. The van der Waals surface area contributed by atoms with Crippen LogP contribution in [0.3, 0.4) is 0 Å². The van der Waals surface area contributed by atoms with Crippen molar-refractivity contribution in [1.82, 2.24) is 15.3 Å². The number of rotatable bonds is 6. The summed E-state index contributed by atoms with van der Waals surface area (Å²) in [5, 5.41) is 7.96. The molecule has 0 atom stereocenters. The smallest absolute Gasteiger partial charge is 0.271 e. The Hall–Kier alpha value is -3.07. The fourth-order valence-electron chi connectivity index (χ4n) is 3.12. The van der Waals surface area contributed by atoms with Gasteiger partial charge < -0.3 is 15.5 Å². The van der Waals surface area contributed by atoms with Gasteiger partial charge in [-0.15, -0.1) is 11.3 Å². The van der Waals surface area contributed by atoms with Crippen LogP contribution in [0.15, 0.2) is 41.9 Å². The molecule has 6 nitrogen and oxygen atoms in total. The summed E-state index contributed by atoms with van der Waals surface area (Å²) in [6.07, 6.45) is 2.16. The number of carbonyl (C=O) groups is 1. The fraction of sp³-hybridized carbons (Fsp3) is 0.250. The topological polar surface area (TPSA) is 70.2 Å². The number of aromatic nitrogens is 2. The first-order valence-electron chi connectivity index (χ1n) is 9.20. The number of fused-ring (bicyclic) bond motifs is 1. The maximum atomic E-state index is 14.1. The third-order valence-electron chi connectivity index (χ3n) is 4.57. The Balaban J connectivity index is 1.49. The minimum absolute atomic E-state index is 0.135. The lowest BCUT2D eigenvalue weighted by molar-refractivity contribution is 0.0949. The van der Waals surface area contributed by atoms with Crippen LogP contribution in [-0.4, -0.2) is 35.5 Å². The molecular weight excluding hydrogens is 396 g/mol. The van der Waals surface area contributed by atoms with Gasteiger partial charge in [-0.25, -0.2) is 18.7 Å². The number of halogens is 2. The number of hydrogen-bond donors (Lipinski definition) is 2. The second kappa shape index (κ2) is 8.52. The monoisotopic (exact) mass is 415 g/mol. The Morgan fingerprint density at radius 2 is 2.21 bits per heavy atom. The highest BCUT2D eigenvalue weighted by molar-refractivity contribution is 7.09. The van der Waals surface area contributed by atoms with Crippen LogP contribution in [0.1, 0.15) is 20.9 Å². The molecule has 9 heteroatoms. The first kappa shape index (κ1) is 19.3. The molecule has 1 aliphatic rings. The molecule has 2 aromatic heterocycles. The van der Waals surface area contributed by atoms with Crippen molar-refractivity contribution in [2.45, 2.75) is 13.0 Å². The largest absolute Gasteiger partial charge is 0.365 e. The number of amides is 1. The second-order valence-electron chi connectivity index (χ2n) is 6.60. The van der Waals surface area contributed by atoms with Gasteiger partial charge in [0.15, 0.2) is 11.6 Å². The van der Waals surface area contributed by atoms with Crippen LogP contribution in [0.25, 0.3) is 0 Å². The van der Waals surface area contributed by atoms with Gasteiger partial charge in [0.05, 0.1) is 6.20 Å². The fourth-order valence-corrected chi connectivity index (χ4v) is 3.83. The number of anilines is 2. The Bertz CT molecular complexity index is 1010. The molecule has 0 saturated heterocycles. The van der Waals surface area contributed by atoms with Crippen molar-refractivity contribution in [3.8, 4) is 0 Å². The highest BCUT2D eigenvalue weighted by atomic mass is 32.1. The van der Waals surface area contributed by atoms with Crippen LogP contribution in [0, 0.1) is 11.6 Å². The molecule has 0 spiro atoms. The molecule has 1 amide bonds. The van der Waals surface area contributed by atoms with Crippen molar-refractivity contribution in [3.05, 3.63) is 69.7 Å². The van der Waals surface area contributed by atoms with Gasteiger partial charge in [0.2, 0.25) is 0 Å². The van der Waals surface area contributed by atoms with Crippen LogP contribution in [-0.2, 0) is 13.0 Å². The van der Waals surface area contributed by atoms with Gasteiger partial charge >= 0.3 is 0 Å². The van der Waals surface area contributed by atoms with Crippen molar-refractivity contribution in [2.24, 2.45) is 0 Å². The SMILES string of the molecule is O=C(NCCc1cccs1)c1cnc2c(n1)N(Cc1cc(F)ccc1F)CCN2. The average molecular weight is 415 g/mol. The van der Waals surface area contributed by atoms with Crippen LogP contribution >= 0.6 is 11.3 Å². The van der Waals surface area contributed by atoms with Crippen molar-refractivity contribution < 1.29 is 13.6 Å². The summed E-state index contributed by atoms with van der Waals surface area (Å²) in [6, 6.07) is 7.36. The Kier molecular flexibility index (Phi) is 5.66. The van der Waals surface area contributed by atoms with Crippen LogP contribution < -0.4 is 15.5 Å². The Morgan fingerprint density at radius 3 is 3.03 bits per heavy atom. The van der Waals surface area contributed by atoms with Gasteiger partial charge in [-0.3, -0.25) is 4.79 Å². The molecule has 1 aliphatic heterocycles. The maximum Gasteiger partial charge on any atom is 0.271 e. The summed E-state index contributed by atoms with van der Waals surface area (Å²) >= 11 is 1.64. The zero-order valence-electron chi connectivity index (χ0n) is 15.5. The number of benzene rings is 1. The molecular formula is C20H19F2N5OS. The highest BCUT2D eigenvalue weighted by Crippen LogP contribution is 2.27. The molecule has 0 aliphatic carbocycles. The summed E-state index contributed by atoms with van der Waals surface area (Å²) in [6.45, 7) is 1.75. The minimum Gasteiger partial charge on any atom is -0.365 e. The van der Waals surface area contributed by atoms with E-state index in [0.717, 1.165) is 18.6 Å². The molecule has 4 rings (SSSR count). The molecule has 150 valence electrons. The summed E-state index contributed by atoms with van der Waals surface area (Å²) < 4.78 is 27.6. The molecule has 1 aromatic carbocycles. The van der Waals surface area contributed by atoms with Gasteiger partial charge in [-0.05, 0) is 36.1 Å². The lowest BCUT2D eigenvalue weighted by Gasteiger charge is -2.30. The summed E-state index contributed by atoms with van der Waals surface area (Å²) in [5.41, 5.74) is 0.411. The number of thiophene rings is 1. The summed E-state index contributed by atoms with van der Waals surface area (Å²) in [7, 11) is 0. The predicted octanol–water partition coefficient (Wildman–Crippen LogP) is 3.22. The first-order valence-corrected chi connectivity index (χ1v) is 10.1. The molecule has 0 fully saturated rings. The molecule has 0 radical (unpaired) electrons. The number of carbonyl (C=O) groups excluding carboxylic acids is 1. The number of nitrogens with zero attached hydrogens (tertiary/aromatic N) is 3. The van der Waals surface area contributed by atoms with E-state index in [4.69, 9.17) is 0 Å². The van der Waals surface area contributed by atoms with Gasteiger partial charge in [0.25, 0.3) is 5.91 Å². The van der Waals surface area contributed by atoms with Gasteiger partial charge in [-0.1, -0.05) is 6.07 Å². The number of hydrogen-bond acceptors (Lipinski definition) is 6. The zero-order chi connectivity index (χ0) is 20.2. The van der Waals surface area contributed by atoms with E-state index < -0.39 is 11.6 Å². The molecule has 0 unspecified atom stereocenters. The summed E-state index contributed by atoms with van der Waals surface area (Å²) in [4.78, 5) is 24.2.